The molecule has 0 aromatic rings. The minimum atomic E-state index is -0.473. The average molecular weight is 499 g/mol. The number of unbranched alkanes of at least 4 members (excludes halogenated alkanes) is 4. The van der Waals surface area contributed by atoms with Crippen LogP contribution in [-0.4, -0.2) is 59.0 Å². The molecule has 12 heteroatoms. The average Bonchev–Trinajstić information content (AvgIpc) is 2.77. The van der Waals surface area contributed by atoms with Crippen molar-refractivity contribution >= 4 is 35.3 Å². The van der Waals surface area contributed by atoms with Crippen molar-refractivity contribution in [3.8, 4) is 0 Å². The highest BCUT2D eigenvalue weighted by atomic mass is 35.5. The van der Waals surface area contributed by atoms with Crippen LogP contribution in [0, 0.1) is 9.81 Å². The van der Waals surface area contributed by atoms with Crippen LogP contribution in [-0.2, 0) is 0 Å². The van der Waals surface area contributed by atoms with Gasteiger partial charge in [-0.3, -0.25) is 0 Å². The van der Waals surface area contributed by atoms with Gasteiger partial charge in [0.1, 0.15) is 0 Å². The van der Waals surface area contributed by atoms with E-state index in [2.05, 4.69) is 35.1 Å². The number of nitroso groups, excluding NO2 is 2. The minimum absolute atomic E-state index is 0.0543. The highest BCUT2D eigenvalue weighted by Gasteiger charge is 2.20. The molecule has 4 amide bonds. The number of nitrogens with one attached hydrogen (secondary N) is 2. The van der Waals surface area contributed by atoms with Gasteiger partial charge in [0.15, 0.2) is 0 Å². The molecule has 0 aromatic carbocycles. The third-order valence-corrected chi connectivity index (χ3v) is 4.91. The van der Waals surface area contributed by atoms with E-state index in [0.29, 0.717) is 12.4 Å². The molecule has 32 heavy (non-hydrogen) atoms. The van der Waals surface area contributed by atoms with Crippen molar-refractivity contribution < 1.29 is 9.59 Å². The molecule has 0 saturated carbocycles. The highest BCUT2D eigenvalue weighted by molar-refractivity contribution is 6.18. The van der Waals surface area contributed by atoms with Gasteiger partial charge in [0.2, 0.25) is 0 Å². The first kappa shape index (κ1) is 32.5. The van der Waals surface area contributed by atoms with Crippen LogP contribution in [0.25, 0.3) is 0 Å². The molecule has 2 N–H and O–H groups in total. The molecule has 0 spiro atoms. The molecule has 2 unspecified atom stereocenters. The van der Waals surface area contributed by atoms with E-state index in [1.807, 2.05) is 13.8 Å². The Labute approximate surface area is 202 Å². The second-order valence-electron chi connectivity index (χ2n) is 7.43. The van der Waals surface area contributed by atoms with Gasteiger partial charge >= 0.3 is 12.1 Å². The van der Waals surface area contributed by atoms with Crippen LogP contribution in [0.2, 0.25) is 0 Å². The van der Waals surface area contributed by atoms with Crippen LogP contribution in [0.1, 0.15) is 79.1 Å². The predicted molar refractivity (Wildman–Crippen MR) is 131 cm³/mol. The van der Waals surface area contributed by atoms with Crippen LogP contribution in [0.15, 0.2) is 10.6 Å². The van der Waals surface area contributed by atoms with E-state index < -0.39 is 12.1 Å². The van der Waals surface area contributed by atoms with Gasteiger partial charge in [0.25, 0.3) is 0 Å². The fourth-order valence-corrected chi connectivity index (χ4v) is 2.94. The SMILES string of the molecule is CCCCCC(C)N(N=O)C(=O)NCCCl.CCCCCC(C)NC(=O)N(CCCl)N=O. The largest absolute Gasteiger partial charge is 0.340 e. The van der Waals surface area contributed by atoms with Gasteiger partial charge in [-0.1, -0.05) is 52.4 Å². The summed E-state index contributed by atoms with van der Waals surface area (Å²) in [5.41, 5.74) is 0. The molecule has 0 radical (unpaired) electrons. The van der Waals surface area contributed by atoms with E-state index in [1.54, 1.807) is 0 Å². The zero-order chi connectivity index (χ0) is 24.8. The van der Waals surface area contributed by atoms with Crippen LogP contribution in [0.4, 0.5) is 9.59 Å². The maximum absolute atomic E-state index is 11.5. The second-order valence-corrected chi connectivity index (χ2v) is 8.19. The zero-order valence-corrected chi connectivity index (χ0v) is 21.3. The first-order valence-corrected chi connectivity index (χ1v) is 12.3. The fourth-order valence-electron chi connectivity index (χ4n) is 2.68. The number of hydrogen-bond donors (Lipinski definition) is 2. The van der Waals surface area contributed by atoms with E-state index >= 15 is 0 Å². The fraction of sp³-hybridized carbons (Fsp3) is 0.900. The van der Waals surface area contributed by atoms with Gasteiger partial charge in [0.05, 0.1) is 23.2 Å². The first-order valence-electron chi connectivity index (χ1n) is 11.3. The molecule has 0 fully saturated rings. The number of alkyl halides is 2. The third kappa shape index (κ3) is 16.9. The minimum Gasteiger partial charge on any atom is -0.335 e. The summed E-state index contributed by atoms with van der Waals surface area (Å²) in [6.07, 6.45) is 8.27. The van der Waals surface area contributed by atoms with E-state index in [0.717, 1.165) is 61.4 Å². The van der Waals surface area contributed by atoms with E-state index in [1.165, 1.54) is 0 Å². The first-order chi connectivity index (χ1) is 15.3. The van der Waals surface area contributed by atoms with Crippen molar-refractivity contribution in [3.05, 3.63) is 9.81 Å². The number of rotatable bonds is 16. The summed E-state index contributed by atoms with van der Waals surface area (Å²) in [6, 6.07) is -1.06. The summed E-state index contributed by atoms with van der Waals surface area (Å²) in [6.45, 7) is 8.44. The molecule has 0 rings (SSSR count). The number of carbonyl (C=O) groups excluding carboxylic acids is 2. The maximum atomic E-state index is 11.5. The van der Waals surface area contributed by atoms with Crippen molar-refractivity contribution in [2.24, 2.45) is 10.6 Å². The molecule has 0 saturated heterocycles. The number of urea groups is 2. The number of carbonyl (C=O) groups is 2. The Bertz CT molecular complexity index is 514. The summed E-state index contributed by atoms with van der Waals surface area (Å²) in [7, 11) is 0. The number of halogens is 2. The lowest BCUT2D eigenvalue weighted by Crippen LogP contribution is -2.42. The normalized spacial score (nSPS) is 11.9. The summed E-state index contributed by atoms with van der Waals surface area (Å²) in [5, 5.41) is 12.3. The van der Waals surface area contributed by atoms with Gasteiger partial charge in [-0.15, -0.1) is 33.0 Å². The van der Waals surface area contributed by atoms with Crippen molar-refractivity contribution in [2.45, 2.75) is 91.1 Å². The molecule has 0 aliphatic carbocycles. The molecule has 0 aromatic heterocycles. The van der Waals surface area contributed by atoms with Crippen LogP contribution >= 0.6 is 23.2 Å². The number of amides is 4. The lowest BCUT2D eigenvalue weighted by molar-refractivity contribution is 0.177. The van der Waals surface area contributed by atoms with E-state index in [9.17, 15) is 19.4 Å². The third-order valence-electron chi connectivity index (χ3n) is 4.55. The number of nitrogens with zero attached hydrogens (tertiary/aromatic N) is 4. The standard InChI is InChI=1S/2C10H20ClN3O2/c1-3-4-5-6-9(2)12-10(15)14(13-16)8-7-11;1-3-4-5-6-9(2)14(13-16)10(15)12-8-7-11/h2*9H,3-8H2,1-2H3,(H,12,15). The van der Waals surface area contributed by atoms with Gasteiger partial charge in [0, 0.05) is 24.3 Å². The smallest absolute Gasteiger partial charge is 0.335 e. The van der Waals surface area contributed by atoms with Gasteiger partial charge < -0.3 is 10.6 Å². The summed E-state index contributed by atoms with van der Waals surface area (Å²) < 4.78 is 0. The Balaban J connectivity index is 0. The topological polar surface area (TPSA) is 124 Å². The van der Waals surface area contributed by atoms with Gasteiger partial charge in [-0.05, 0) is 26.7 Å². The van der Waals surface area contributed by atoms with Crippen molar-refractivity contribution in [2.75, 3.05) is 24.8 Å². The maximum Gasteiger partial charge on any atom is 0.340 e. The van der Waals surface area contributed by atoms with Crippen LogP contribution in [0.5, 0.6) is 0 Å². The summed E-state index contributed by atoms with van der Waals surface area (Å²) in [4.78, 5) is 43.8. The van der Waals surface area contributed by atoms with Gasteiger partial charge in [-0.25, -0.2) is 9.59 Å². The van der Waals surface area contributed by atoms with Crippen molar-refractivity contribution in [1.82, 2.24) is 20.7 Å². The molecule has 0 aliphatic rings. The summed E-state index contributed by atoms with van der Waals surface area (Å²) in [5.74, 6) is 0.520. The van der Waals surface area contributed by atoms with Crippen LogP contribution in [0.3, 0.4) is 0 Å². The number of hydrogen-bond acceptors (Lipinski definition) is 6. The van der Waals surface area contributed by atoms with Crippen molar-refractivity contribution in [3.63, 3.8) is 0 Å². The quantitative estimate of drug-likeness (QED) is 0.121. The Morgan fingerprint density at radius 1 is 0.875 bits per heavy atom. The lowest BCUT2D eigenvalue weighted by atomic mass is 10.1. The Morgan fingerprint density at radius 2 is 1.47 bits per heavy atom. The highest BCUT2D eigenvalue weighted by Crippen LogP contribution is 2.10. The van der Waals surface area contributed by atoms with Gasteiger partial charge in [-0.2, -0.15) is 10.0 Å². The molecule has 0 heterocycles. The summed E-state index contributed by atoms with van der Waals surface area (Å²) >= 11 is 10.9. The molecular weight excluding hydrogens is 459 g/mol. The lowest BCUT2D eigenvalue weighted by Gasteiger charge is -2.21. The molecule has 0 aliphatic heterocycles. The Morgan fingerprint density at radius 3 is 1.94 bits per heavy atom. The monoisotopic (exact) mass is 498 g/mol. The Kier molecular flexibility index (Phi) is 22.9. The molecule has 188 valence electrons. The molecule has 10 nitrogen and oxygen atoms in total. The zero-order valence-electron chi connectivity index (χ0n) is 19.8. The van der Waals surface area contributed by atoms with Crippen LogP contribution < -0.4 is 10.6 Å². The predicted octanol–water partition coefficient (Wildman–Crippen LogP) is 5.77. The van der Waals surface area contributed by atoms with Crippen molar-refractivity contribution in [1.29, 1.82) is 0 Å². The molecular formula is C20H40Cl2N6O4. The van der Waals surface area contributed by atoms with E-state index in [-0.39, 0.29) is 24.5 Å². The molecule has 0 bridgehead atoms. The van der Waals surface area contributed by atoms with E-state index in [4.69, 9.17) is 23.2 Å². The Hall–Kier alpha value is -1.68. The molecule has 2 atom stereocenters. The second kappa shape index (κ2) is 22.5.